The van der Waals surface area contributed by atoms with Crippen LogP contribution in [-0.4, -0.2) is 68.3 Å². The van der Waals surface area contributed by atoms with E-state index in [4.69, 9.17) is 14.5 Å². The maximum atomic E-state index is 12.4. The van der Waals surface area contributed by atoms with E-state index in [1.54, 1.807) is 0 Å². The maximum Gasteiger partial charge on any atom is 0.270 e. The summed E-state index contributed by atoms with van der Waals surface area (Å²) in [6, 6.07) is 5.82. The fraction of sp³-hybridized carbons (Fsp3) is 0.450. The smallest absolute Gasteiger partial charge is 0.270 e. The number of hydrogen-bond donors (Lipinski definition) is 1. The summed E-state index contributed by atoms with van der Waals surface area (Å²) in [4.78, 5) is 26.1. The Morgan fingerprint density at radius 1 is 1.11 bits per heavy atom. The van der Waals surface area contributed by atoms with Crippen LogP contribution in [0.5, 0.6) is 11.5 Å². The summed E-state index contributed by atoms with van der Waals surface area (Å²) < 4.78 is 10.8. The Bertz CT molecular complexity index is 900. The van der Waals surface area contributed by atoms with E-state index in [2.05, 4.69) is 20.1 Å². The normalized spacial score (nSPS) is 14.8. The van der Waals surface area contributed by atoms with Crippen molar-refractivity contribution in [3.05, 3.63) is 40.8 Å². The molecule has 8 heteroatoms. The fourth-order valence-electron chi connectivity index (χ4n) is 3.40. The third-order valence-corrected chi connectivity index (χ3v) is 4.95. The summed E-state index contributed by atoms with van der Waals surface area (Å²) in [6.07, 6.45) is 1.26. The number of anilines is 1. The van der Waals surface area contributed by atoms with Gasteiger partial charge >= 0.3 is 0 Å². The first-order chi connectivity index (χ1) is 13.5. The number of aromatic nitrogens is 2. The molecule has 0 aliphatic carbocycles. The number of nitrogens with one attached hydrogen (secondary N) is 1. The van der Waals surface area contributed by atoms with E-state index in [0.29, 0.717) is 24.5 Å². The van der Waals surface area contributed by atoms with Gasteiger partial charge in [-0.1, -0.05) is 6.07 Å². The van der Waals surface area contributed by atoms with E-state index in [1.807, 2.05) is 39.3 Å². The number of ether oxygens (including phenoxy) is 2. The number of rotatable bonds is 6. The molecule has 148 valence electrons. The number of hydrogen-bond acceptors (Lipinski definition) is 7. The minimum absolute atomic E-state index is 0.127. The molecule has 0 saturated heterocycles. The van der Waals surface area contributed by atoms with Crippen molar-refractivity contribution < 1.29 is 14.3 Å². The van der Waals surface area contributed by atoms with Crippen LogP contribution in [0, 0.1) is 0 Å². The van der Waals surface area contributed by atoms with Crippen molar-refractivity contribution in [2.45, 2.75) is 12.8 Å². The third-order valence-electron chi connectivity index (χ3n) is 4.95. The molecule has 3 heterocycles. The molecule has 1 amide bonds. The van der Waals surface area contributed by atoms with Crippen LogP contribution in [0.4, 0.5) is 5.82 Å². The molecule has 1 N–H and O–H groups in total. The summed E-state index contributed by atoms with van der Waals surface area (Å²) in [5, 5.41) is 2.89. The molecule has 0 saturated carbocycles. The van der Waals surface area contributed by atoms with Gasteiger partial charge in [0.2, 0.25) is 6.79 Å². The summed E-state index contributed by atoms with van der Waals surface area (Å²) in [7, 11) is 6.10. The molecule has 2 aliphatic rings. The zero-order valence-corrected chi connectivity index (χ0v) is 16.5. The van der Waals surface area contributed by atoms with Gasteiger partial charge in [0.15, 0.2) is 11.5 Å². The lowest BCUT2D eigenvalue weighted by Gasteiger charge is -2.26. The topological polar surface area (TPSA) is 79.8 Å². The van der Waals surface area contributed by atoms with Gasteiger partial charge in [-0.2, -0.15) is 0 Å². The number of likely N-dealkylation sites (N-methyl/N-ethyl adjacent to an activating group) is 2. The molecule has 2 aromatic rings. The third kappa shape index (κ3) is 3.73. The lowest BCUT2D eigenvalue weighted by Crippen LogP contribution is -2.36. The molecule has 1 aromatic carbocycles. The highest BCUT2D eigenvalue weighted by Crippen LogP contribution is 2.33. The van der Waals surface area contributed by atoms with E-state index in [0.717, 1.165) is 48.0 Å². The van der Waals surface area contributed by atoms with E-state index < -0.39 is 0 Å². The number of carbonyl (C=O) groups is 1. The van der Waals surface area contributed by atoms with E-state index in [1.165, 1.54) is 0 Å². The Kier molecular flexibility index (Phi) is 5.04. The number of nitrogens with zero attached hydrogens (tertiary/aromatic N) is 4. The van der Waals surface area contributed by atoms with Gasteiger partial charge in [0, 0.05) is 38.7 Å². The highest BCUT2D eigenvalue weighted by molar-refractivity contribution is 5.96. The Balaban J connectivity index is 1.66. The largest absolute Gasteiger partial charge is 0.454 e. The summed E-state index contributed by atoms with van der Waals surface area (Å²) in [5.41, 5.74) is 2.44. The van der Waals surface area contributed by atoms with Crippen LogP contribution in [0.15, 0.2) is 18.2 Å². The Morgan fingerprint density at radius 2 is 1.93 bits per heavy atom. The van der Waals surface area contributed by atoms with E-state index >= 15 is 0 Å². The van der Waals surface area contributed by atoms with Crippen LogP contribution in [-0.2, 0) is 12.8 Å². The van der Waals surface area contributed by atoms with Crippen LogP contribution >= 0.6 is 0 Å². The number of fused-ring (bicyclic) bond motifs is 2. The molecule has 2 aliphatic heterocycles. The standard InChI is InChI=1S/C20H25N5O3/c1-24(2)8-9-25(3)19-14-6-7-21-20(26)18(14)22-17(23-19)11-13-4-5-15-16(10-13)28-12-27-15/h4-5,10H,6-9,11-12H2,1-3H3,(H,21,26). The summed E-state index contributed by atoms with van der Waals surface area (Å²) >= 11 is 0. The molecule has 0 fully saturated rings. The van der Waals surface area contributed by atoms with Gasteiger partial charge in [0.25, 0.3) is 5.91 Å². The fourth-order valence-corrected chi connectivity index (χ4v) is 3.40. The lowest BCUT2D eigenvalue weighted by molar-refractivity contribution is 0.0940. The van der Waals surface area contributed by atoms with Crippen molar-refractivity contribution in [1.82, 2.24) is 20.2 Å². The SMILES string of the molecule is CN(C)CCN(C)c1nc(Cc2ccc3c(c2)OCO3)nc2c1CCNC2=O. The molecule has 1 aromatic heterocycles. The monoisotopic (exact) mass is 383 g/mol. The predicted molar refractivity (Wildman–Crippen MR) is 105 cm³/mol. The Labute approximate surface area is 164 Å². The second-order valence-corrected chi connectivity index (χ2v) is 7.39. The van der Waals surface area contributed by atoms with Gasteiger partial charge < -0.3 is 24.6 Å². The minimum Gasteiger partial charge on any atom is -0.454 e. The summed E-state index contributed by atoms with van der Waals surface area (Å²) in [6.45, 7) is 2.58. The summed E-state index contributed by atoms with van der Waals surface area (Å²) in [5.74, 6) is 2.83. The number of amides is 1. The zero-order valence-electron chi connectivity index (χ0n) is 16.5. The molecule has 0 radical (unpaired) electrons. The molecule has 0 atom stereocenters. The lowest BCUT2D eigenvalue weighted by atomic mass is 10.0. The van der Waals surface area contributed by atoms with Crippen LogP contribution < -0.4 is 19.7 Å². The van der Waals surface area contributed by atoms with Crippen molar-refractivity contribution in [1.29, 1.82) is 0 Å². The van der Waals surface area contributed by atoms with Gasteiger partial charge in [-0.15, -0.1) is 0 Å². The van der Waals surface area contributed by atoms with Crippen LogP contribution in [0.25, 0.3) is 0 Å². The highest BCUT2D eigenvalue weighted by Gasteiger charge is 2.25. The number of carbonyl (C=O) groups excluding carboxylic acids is 1. The average molecular weight is 383 g/mol. The van der Waals surface area contributed by atoms with Gasteiger partial charge in [0.1, 0.15) is 17.3 Å². The van der Waals surface area contributed by atoms with E-state index in [9.17, 15) is 4.79 Å². The molecular formula is C20H25N5O3. The maximum absolute atomic E-state index is 12.4. The van der Waals surface area contributed by atoms with Gasteiger partial charge in [-0.25, -0.2) is 9.97 Å². The number of benzene rings is 1. The highest BCUT2D eigenvalue weighted by atomic mass is 16.7. The van der Waals surface area contributed by atoms with Crippen molar-refractivity contribution in [3.63, 3.8) is 0 Å². The van der Waals surface area contributed by atoms with Crippen LogP contribution in [0.3, 0.4) is 0 Å². The minimum atomic E-state index is -0.127. The van der Waals surface area contributed by atoms with Crippen LogP contribution in [0.1, 0.15) is 27.4 Å². The predicted octanol–water partition coefficient (Wildman–Crippen LogP) is 1.08. The van der Waals surface area contributed by atoms with Gasteiger partial charge in [-0.3, -0.25) is 4.79 Å². The second-order valence-electron chi connectivity index (χ2n) is 7.39. The molecule has 8 nitrogen and oxygen atoms in total. The average Bonchev–Trinajstić information content (AvgIpc) is 3.14. The molecule has 0 unspecified atom stereocenters. The molecule has 28 heavy (non-hydrogen) atoms. The van der Waals surface area contributed by atoms with Crippen LogP contribution in [0.2, 0.25) is 0 Å². The van der Waals surface area contributed by atoms with Crippen molar-refractivity contribution in [2.24, 2.45) is 0 Å². The Hall–Kier alpha value is -2.87. The Morgan fingerprint density at radius 3 is 2.75 bits per heavy atom. The van der Waals surface area contributed by atoms with E-state index in [-0.39, 0.29) is 12.7 Å². The molecule has 0 spiro atoms. The zero-order chi connectivity index (χ0) is 19.7. The van der Waals surface area contributed by atoms with Gasteiger partial charge in [-0.05, 0) is 38.2 Å². The van der Waals surface area contributed by atoms with Gasteiger partial charge in [0.05, 0.1) is 0 Å². The second kappa shape index (κ2) is 7.63. The molecule has 4 rings (SSSR count). The van der Waals surface area contributed by atoms with Crippen molar-refractivity contribution in [2.75, 3.05) is 52.5 Å². The molecule has 0 bridgehead atoms. The first kappa shape index (κ1) is 18.5. The molecular weight excluding hydrogens is 358 g/mol. The quantitative estimate of drug-likeness (QED) is 0.800. The first-order valence-electron chi connectivity index (χ1n) is 9.43. The van der Waals surface area contributed by atoms with Crippen molar-refractivity contribution in [3.8, 4) is 11.5 Å². The van der Waals surface area contributed by atoms with Crippen molar-refractivity contribution >= 4 is 11.7 Å². The first-order valence-corrected chi connectivity index (χ1v) is 9.43.